The van der Waals surface area contributed by atoms with E-state index in [0.29, 0.717) is 30.1 Å². The monoisotopic (exact) mass is 444 g/mol. The van der Waals surface area contributed by atoms with Crippen LogP contribution < -0.4 is 10.1 Å². The van der Waals surface area contributed by atoms with Crippen LogP contribution in [0.1, 0.15) is 40.4 Å². The molecule has 0 radical (unpaired) electrons. The van der Waals surface area contributed by atoms with E-state index in [4.69, 9.17) is 13.6 Å². The molecule has 0 saturated heterocycles. The second-order valence-electron chi connectivity index (χ2n) is 8.16. The highest BCUT2D eigenvalue weighted by atomic mass is 16.5. The lowest BCUT2D eigenvalue weighted by Gasteiger charge is -2.36. The van der Waals surface area contributed by atoms with E-state index in [1.165, 1.54) is 6.26 Å². The molecule has 0 aliphatic carbocycles. The minimum Gasteiger partial charge on any atom is -0.493 e. The fraction of sp³-hybridized carbons (Fsp3) is 0.231. The zero-order valence-electron chi connectivity index (χ0n) is 18.4. The Hall–Kier alpha value is -4.00. The van der Waals surface area contributed by atoms with Gasteiger partial charge in [0.2, 0.25) is 5.91 Å². The van der Waals surface area contributed by atoms with Gasteiger partial charge in [-0.3, -0.25) is 9.59 Å². The maximum absolute atomic E-state index is 13.4. The van der Waals surface area contributed by atoms with Gasteiger partial charge < -0.3 is 23.8 Å². The second kappa shape index (κ2) is 8.50. The van der Waals surface area contributed by atoms with Crippen LogP contribution in [0.15, 0.2) is 75.8 Å². The first kappa shape index (κ1) is 20.9. The third kappa shape index (κ3) is 3.86. The fourth-order valence-electron chi connectivity index (χ4n) is 4.32. The number of fused-ring (bicyclic) bond motifs is 2. The zero-order valence-corrected chi connectivity index (χ0v) is 18.4. The van der Waals surface area contributed by atoms with Crippen molar-refractivity contribution in [1.82, 2.24) is 10.2 Å². The average molecular weight is 444 g/mol. The molecule has 7 heteroatoms. The summed E-state index contributed by atoms with van der Waals surface area (Å²) < 4.78 is 16.7. The van der Waals surface area contributed by atoms with Gasteiger partial charge in [0.25, 0.3) is 5.91 Å². The summed E-state index contributed by atoms with van der Waals surface area (Å²) in [7, 11) is 1.59. The number of rotatable bonds is 5. The lowest BCUT2D eigenvalue weighted by atomic mass is 9.93. The number of benzene rings is 2. The summed E-state index contributed by atoms with van der Waals surface area (Å²) >= 11 is 0. The quantitative estimate of drug-likeness (QED) is 0.491. The first-order chi connectivity index (χ1) is 16.0. The highest BCUT2D eigenvalue weighted by Gasteiger charge is 2.36. The third-order valence-corrected chi connectivity index (χ3v) is 6.08. The molecule has 0 bridgehead atoms. The number of carbonyl (C=O) groups excluding carboxylic acids is 2. The number of nitrogens with zero attached hydrogens (tertiary/aromatic N) is 1. The van der Waals surface area contributed by atoms with Gasteiger partial charge in [-0.15, -0.1) is 0 Å². The SMILES string of the molecule is COc1cccc2cc(C(C)NC(=O)C3Cc4ccccc4CN3C(=O)c3ccco3)oc12. The first-order valence-electron chi connectivity index (χ1n) is 10.8. The molecule has 168 valence electrons. The second-order valence-corrected chi connectivity index (χ2v) is 8.16. The summed E-state index contributed by atoms with van der Waals surface area (Å²) in [6, 6.07) is 17.6. The Morgan fingerprint density at radius 3 is 2.67 bits per heavy atom. The molecular formula is C26H24N2O5. The molecular weight excluding hydrogens is 420 g/mol. The Morgan fingerprint density at radius 2 is 1.91 bits per heavy atom. The van der Waals surface area contributed by atoms with Crippen LogP contribution in [0.5, 0.6) is 5.75 Å². The molecule has 33 heavy (non-hydrogen) atoms. The van der Waals surface area contributed by atoms with E-state index in [1.54, 1.807) is 24.1 Å². The molecule has 5 rings (SSSR count). The molecule has 7 nitrogen and oxygen atoms in total. The number of carbonyl (C=O) groups is 2. The summed E-state index contributed by atoms with van der Waals surface area (Å²) in [5.74, 6) is 0.907. The summed E-state index contributed by atoms with van der Waals surface area (Å²) in [5.41, 5.74) is 2.72. The van der Waals surface area contributed by atoms with Gasteiger partial charge in [0.15, 0.2) is 17.1 Å². The molecule has 1 aliphatic heterocycles. The largest absolute Gasteiger partial charge is 0.493 e. The van der Waals surface area contributed by atoms with Gasteiger partial charge in [0.05, 0.1) is 19.4 Å². The van der Waals surface area contributed by atoms with Crippen LogP contribution in [0.25, 0.3) is 11.0 Å². The van der Waals surface area contributed by atoms with Crippen molar-refractivity contribution in [2.75, 3.05) is 7.11 Å². The Labute approximate surface area is 190 Å². The number of hydrogen-bond donors (Lipinski definition) is 1. The van der Waals surface area contributed by atoms with E-state index < -0.39 is 12.1 Å². The van der Waals surface area contributed by atoms with Crippen LogP contribution in [0.2, 0.25) is 0 Å². The van der Waals surface area contributed by atoms with Gasteiger partial charge >= 0.3 is 0 Å². The number of para-hydroxylation sites is 1. The molecule has 1 aliphatic rings. The molecule has 1 N–H and O–H groups in total. The van der Waals surface area contributed by atoms with Crippen molar-refractivity contribution in [3.8, 4) is 5.75 Å². The number of amides is 2. The van der Waals surface area contributed by atoms with Gasteiger partial charge in [0, 0.05) is 18.4 Å². The maximum atomic E-state index is 13.4. The molecule has 0 fully saturated rings. The summed E-state index contributed by atoms with van der Waals surface area (Å²) in [6.07, 6.45) is 1.88. The number of nitrogens with one attached hydrogen (secondary N) is 1. The molecule has 2 aromatic carbocycles. The highest BCUT2D eigenvalue weighted by molar-refractivity contribution is 5.96. The van der Waals surface area contributed by atoms with Gasteiger partial charge in [-0.1, -0.05) is 36.4 Å². The van der Waals surface area contributed by atoms with E-state index in [-0.39, 0.29) is 17.6 Å². The smallest absolute Gasteiger partial charge is 0.290 e. The Balaban J connectivity index is 1.41. The molecule has 2 aromatic heterocycles. The summed E-state index contributed by atoms with van der Waals surface area (Å²) in [4.78, 5) is 28.1. The molecule has 2 atom stereocenters. The zero-order chi connectivity index (χ0) is 22.9. The minimum atomic E-state index is -0.668. The van der Waals surface area contributed by atoms with E-state index in [9.17, 15) is 9.59 Å². The van der Waals surface area contributed by atoms with Crippen molar-refractivity contribution >= 4 is 22.8 Å². The molecule has 0 spiro atoms. The van der Waals surface area contributed by atoms with Crippen LogP contribution in [0.4, 0.5) is 0 Å². The van der Waals surface area contributed by atoms with Crippen molar-refractivity contribution in [1.29, 1.82) is 0 Å². The van der Waals surface area contributed by atoms with Gasteiger partial charge in [-0.05, 0) is 42.3 Å². The van der Waals surface area contributed by atoms with Crippen molar-refractivity contribution < 1.29 is 23.2 Å². The molecule has 2 unspecified atom stereocenters. The van der Waals surface area contributed by atoms with E-state index in [2.05, 4.69) is 5.32 Å². The summed E-state index contributed by atoms with van der Waals surface area (Å²) in [5, 5.41) is 3.92. The molecule has 2 amide bonds. The first-order valence-corrected chi connectivity index (χ1v) is 10.8. The van der Waals surface area contributed by atoms with Crippen molar-refractivity contribution in [3.63, 3.8) is 0 Å². The Bertz CT molecular complexity index is 1310. The number of hydrogen-bond acceptors (Lipinski definition) is 5. The Morgan fingerprint density at radius 1 is 1.09 bits per heavy atom. The van der Waals surface area contributed by atoms with Gasteiger partial charge in [-0.2, -0.15) is 0 Å². The van der Waals surface area contributed by atoms with Crippen LogP contribution in [-0.4, -0.2) is 29.9 Å². The van der Waals surface area contributed by atoms with E-state index in [0.717, 1.165) is 16.5 Å². The maximum Gasteiger partial charge on any atom is 0.290 e. The van der Waals surface area contributed by atoms with E-state index >= 15 is 0 Å². The minimum absolute atomic E-state index is 0.213. The van der Waals surface area contributed by atoms with Crippen LogP contribution in [0.3, 0.4) is 0 Å². The van der Waals surface area contributed by atoms with Crippen LogP contribution >= 0.6 is 0 Å². The number of furan rings is 2. The molecule has 4 aromatic rings. The van der Waals surface area contributed by atoms with Crippen molar-refractivity contribution in [2.24, 2.45) is 0 Å². The molecule has 0 saturated carbocycles. The summed E-state index contributed by atoms with van der Waals surface area (Å²) in [6.45, 7) is 2.20. The predicted molar refractivity (Wildman–Crippen MR) is 122 cm³/mol. The standard InChI is InChI=1S/C26H24N2O5/c1-16(23-14-18-9-5-10-21(31-2)24(18)33-23)27-25(29)20-13-17-7-3-4-8-19(17)15-28(20)26(30)22-11-6-12-32-22/h3-12,14,16,20H,13,15H2,1-2H3,(H,27,29). The third-order valence-electron chi connectivity index (χ3n) is 6.08. The van der Waals surface area contributed by atoms with Crippen LogP contribution in [-0.2, 0) is 17.8 Å². The number of methoxy groups -OCH3 is 1. The lowest BCUT2D eigenvalue weighted by Crippen LogP contribution is -2.52. The molecule has 3 heterocycles. The van der Waals surface area contributed by atoms with Crippen molar-refractivity contribution in [3.05, 3.63) is 89.6 Å². The van der Waals surface area contributed by atoms with Gasteiger partial charge in [0.1, 0.15) is 11.8 Å². The number of ether oxygens (including phenoxy) is 1. The van der Waals surface area contributed by atoms with Gasteiger partial charge in [-0.25, -0.2) is 0 Å². The van der Waals surface area contributed by atoms with E-state index in [1.807, 2.05) is 55.5 Å². The Kier molecular flexibility index (Phi) is 5.38. The lowest BCUT2D eigenvalue weighted by molar-refractivity contribution is -0.127. The highest BCUT2D eigenvalue weighted by Crippen LogP contribution is 2.31. The predicted octanol–water partition coefficient (Wildman–Crippen LogP) is 4.48. The fourth-order valence-corrected chi connectivity index (χ4v) is 4.32. The van der Waals surface area contributed by atoms with Crippen LogP contribution in [0, 0.1) is 0 Å². The topological polar surface area (TPSA) is 84.9 Å². The van der Waals surface area contributed by atoms with Crippen molar-refractivity contribution in [2.45, 2.75) is 32.0 Å². The normalized spacial score (nSPS) is 16.3. The average Bonchev–Trinajstić information content (AvgIpc) is 3.52.